The molecule has 1 aliphatic carbocycles. The van der Waals surface area contributed by atoms with Gasteiger partial charge in [-0.3, -0.25) is 0 Å². The van der Waals surface area contributed by atoms with Gasteiger partial charge in [0.2, 0.25) is 0 Å². The third kappa shape index (κ3) is 5.84. The van der Waals surface area contributed by atoms with Crippen LogP contribution < -0.4 is 15.2 Å². The lowest BCUT2D eigenvalue weighted by Crippen LogP contribution is -2.35. The molecule has 0 amide bonds. The van der Waals surface area contributed by atoms with E-state index in [0.29, 0.717) is 0 Å². The van der Waals surface area contributed by atoms with Gasteiger partial charge < -0.3 is 15.2 Å². The lowest BCUT2D eigenvalue weighted by Gasteiger charge is -2.34. The zero-order valence-electron chi connectivity index (χ0n) is 33.6. The van der Waals surface area contributed by atoms with Crippen molar-refractivity contribution in [3.8, 4) is 44.9 Å². The van der Waals surface area contributed by atoms with Gasteiger partial charge in [-0.2, -0.15) is 8.75 Å². The van der Waals surface area contributed by atoms with Crippen molar-refractivity contribution < 1.29 is 9.47 Å². The summed E-state index contributed by atoms with van der Waals surface area (Å²) in [6.07, 6.45) is 3.72. The van der Waals surface area contributed by atoms with Crippen LogP contribution in [0, 0.1) is 0 Å². The van der Waals surface area contributed by atoms with Gasteiger partial charge in [-0.1, -0.05) is 107 Å². The van der Waals surface area contributed by atoms with E-state index in [9.17, 15) is 0 Å². The van der Waals surface area contributed by atoms with E-state index in [1.807, 2.05) is 0 Å². The van der Waals surface area contributed by atoms with E-state index < -0.39 is 11.0 Å². The van der Waals surface area contributed by atoms with E-state index >= 15 is 0 Å². The fraction of sp³-hybridized carbons (Fsp3) is 0.280. The highest BCUT2D eigenvalue weighted by molar-refractivity contribution is 7.00. The van der Waals surface area contributed by atoms with Crippen LogP contribution >= 0.6 is 11.7 Å². The standard InChI is InChI=1S/C50H51N3O2S/c1-8-48(5,9-2)44-27-26-40(46-47(44)53-56-52-46)34-28-33(29-37(30-34)49(51,10-3)11-4)32-16-25-42-41-14-12-13-15-43(41)50(45(42)31-32,35-17-21-38(54-6)22-18-35)36-19-23-39(55-7)24-20-36/h12-31H,8-11,51H2,1-7H3. The maximum Gasteiger partial charge on any atom is 0.118 e. The first-order valence-corrected chi connectivity index (χ1v) is 20.6. The van der Waals surface area contributed by atoms with Crippen molar-refractivity contribution in [2.24, 2.45) is 5.73 Å². The molecule has 1 aromatic heterocycles. The minimum atomic E-state index is -0.592. The number of nitrogens with zero attached hydrogens (tertiary/aromatic N) is 2. The molecular weight excluding hydrogens is 707 g/mol. The molecule has 6 aromatic carbocycles. The number of ether oxygens (including phenoxy) is 2. The molecule has 0 spiro atoms. The van der Waals surface area contributed by atoms with Gasteiger partial charge in [-0.15, -0.1) is 0 Å². The maximum absolute atomic E-state index is 7.27. The molecule has 8 rings (SSSR count). The van der Waals surface area contributed by atoms with E-state index in [1.165, 1.54) is 50.7 Å². The van der Waals surface area contributed by atoms with Crippen LogP contribution in [-0.4, -0.2) is 23.0 Å². The molecule has 0 atom stereocenters. The molecule has 6 heteroatoms. The highest BCUT2D eigenvalue weighted by Crippen LogP contribution is 2.57. The number of hydrogen-bond donors (Lipinski definition) is 1. The average molecular weight is 758 g/mol. The summed E-state index contributed by atoms with van der Waals surface area (Å²) in [5.41, 5.74) is 22.3. The Morgan fingerprint density at radius 1 is 0.571 bits per heavy atom. The summed E-state index contributed by atoms with van der Waals surface area (Å²) < 4.78 is 21.1. The van der Waals surface area contributed by atoms with Crippen molar-refractivity contribution in [3.63, 3.8) is 0 Å². The van der Waals surface area contributed by atoms with Crippen molar-refractivity contribution in [1.29, 1.82) is 0 Å². The highest BCUT2D eigenvalue weighted by Gasteiger charge is 2.46. The number of rotatable bonds is 12. The number of hydrogen-bond acceptors (Lipinski definition) is 6. The first-order chi connectivity index (χ1) is 27.2. The average Bonchev–Trinajstić information content (AvgIpc) is 3.87. The molecule has 1 aliphatic rings. The molecule has 284 valence electrons. The highest BCUT2D eigenvalue weighted by atomic mass is 32.1. The smallest absolute Gasteiger partial charge is 0.118 e. The molecule has 0 bridgehead atoms. The van der Waals surface area contributed by atoms with E-state index in [-0.39, 0.29) is 5.41 Å². The molecule has 0 saturated heterocycles. The molecular formula is C50H51N3O2S. The van der Waals surface area contributed by atoms with Crippen LogP contribution in [0.2, 0.25) is 0 Å². The van der Waals surface area contributed by atoms with E-state index in [4.69, 9.17) is 24.0 Å². The zero-order chi connectivity index (χ0) is 39.2. The predicted octanol–water partition coefficient (Wildman–Crippen LogP) is 12.5. The second-order valence-corrected chi connectivity index (χ2v) is 16.1. The van der Waals surface area contributed by atoms with E-state index in [0.717, 1.165) is 76.0 Å². The summed E-state index contributed by atoms with van der Waals surface area (Å²) in [4.78, 5) is 0. The molecule has 5 nitrogen and oxygen atoms in total. The predicted molar refractivity (Wildman–Crippen MR) is 233 cm³/mol. The third-order valence-corrected chi connectivity index (χ3v) is 13.7. The quantitative estimate of drug-likeness (QED) is 0.134. The van der Waals surface area contributed by atoms with E-state index in [1.54, 1.807) is 14.2 Å². The normalized spacial score (nSPS) is 13.4. The van der Waals surface area contributed by atoms with Crippen molar-refractivity contribution in [2.75, 3.05) is 14.2 Å². The van der Waals surface area contributed by atoms with Crippen LogP contribution in [0.4, 0.5) is 0 Å². The lowest BCUT2D eigenvalue weighted by atomic mass is 9.67. The van der Waals surface area contributed by atoms with Crippen LogP contribution in [0.1, 0.15) is 93.7 Å². The maximum atomic E-state index is 7.27. The Kier molecular flexibility index (Phi) is 9.84. The van der Waals surface area contributed by atoms with Gasteiger partial charge in [0.25, 0.3) is 0 Å². The van der Waals surface area contributed by atoms with Crippen molar-refractivity contribution in [2.45, 2.75) is 76.7 Å². The second-order valence-electron chi connectivity index (χ2n) is 15.6. The van der Waals surface area contributed by atoms with Crippen molar-refractivity contribution in [1.82, 2.24) is 8.75 Å². The molecule has 0 aliphatic heterocycles. The molecule has 0 unspecified atom stereocenters. The molecule has 56 heavy (non-hydrogen) atoms. The summed E-state index contributed by atoms with van der Waals surface area (Å²) in [6, 6.07) is 44.5. The minimum absolute atomic E-state index is 0.0264. The number of aromatic nitrogens is 2. The Balaban J connectivity index is 1.39. The number of fused-ring (bicyclic) bond motifs is 4. The topological polar surface area (TPSA) is 70.3 Å². The Labute approximate surface area is 335 Å². The Hall–Kier alpha value is -5.30. The van der Waals surface area contributed by atoms with Crippen LogP contribution in [0.5, 0.6) is 11.5 Å². The first-order valence-electron chi connectivity index (χ1n) is 19.9. The number of methoxy groups -OCH3 is 2. The van der Waals surface area contributed by atoms with Gasteiger partial charge >= 0.3 is 0 Å². The fourth-order valence-electron chi connectivity index (χ4n) is 9.04. The minimum Gasteiger partial charge on any atom is -0.497 e. The summed E-state index contributed by atoms with van der Waals surface area (Å²) >= 11 is 1.30. The molecule has 0 saturated carbocycles. The molecule has 7 aromatic rings. The molecule has 1 heterocycles. The lowest BCUT2D eigenvalue weighted by molar-refractivity contribution is 0.413. The summed E-state index contributed by atoms with van der Waals surface area (Å²) in [6.45, 7) is 11.3. The molecule has 0 radical (unpaired) electrons. The summed E-state index contributed by atoms with van der Waals surface area (Å²) in [7, 11) is 3.43. The number of benzene rings is 6. The molecule has 0 fully saturated rings. The summed E-state index contributed by atoms with van der Waals surface area (Å²) in [5, 5.41) is 0. The largest absolute Gasteiger partial charge is 0.497 e. The Bertz CT molecular complexity index is 2480. The van der Waals surface area contributed by atoms with Gasteiger partial charge in [0, 0.05) is 11.1 Å². The summed E-state index contributed by atoms with van der Waals surface area (Å²) in [5.74, 6) is 1.65. The van der Waals surface area contributed by atoms with Gasteiger partial charge in [0.15, 0.2) is 0 Å². The number of nitrogens with two attached hydrogens (primary N) is 1. The van der Waals surface area contributed by atoms with E-state index in [2.05, 4.69) is 156 Å². The first kappa shape index (κ1) is 37.6. The van der Waals surface area contributed by atoms with Gasteiger partial charge in [-0.25, -0.2) is 0 Å². The zero-order valence-corrected chi connectivity index (χ0v) is 34.4. The van der Waals surface area contributed by atoms with Gasteiger partial charge in [-0.05, 0) is 141 Å². The fourth-order valence-corrected chi connectivity index (χ4v) is 9.62. The van der Waals surface area contributed by atoms with Crippen molar-refractivity contribution >= 4 is 22.8 Å². The van der Waals surface area contributed by atoms with Crippen LogP contribution in [-0.2, 0) is 16.4 Å². The van der Waals surface area contributed by atoms with Crippen LogP contribution in [0.3, 0.4) is 0 Å². The monoisotopic (exact) mass is 757 g/mol. The second kappa shape index (κ2) is 14.6. The van der Waals surface area contributed by atoms with Crippen molar-refractivity contribution in [3.05, 3.63) is 155 Å². The van der Waals surface area contributed by atoms with Gasteiger partial charge in [0.05, 0.1) is 31.4 Å². The Morgan fingerprint density at radius 3 is 1.75 bits per heavy atom. The SMILES string of the molecule is CCC(C)(CC)c1ccc(-c2cc(-c3ccc4c(c3)C(c3ccc(OC)cc3)(c3ccc(OC)cc3)c3ccccc3-4)cc(C(N)(CC)CC)c2)c2nsnc12. The van der Waals surface area contributed by atoms with Gasteiger partial charge in [0.1, 0.15) is 22.5 Å². The Morgan fingerprint density at radius 2 is 1.14 bits per heavy atom. The molecule has 2 N–H and O–H groups in total. The third-order valence-electron chi connectivity index (χ3n) is 13.1. The van der Waals surface area contributed by atoms with Crippen LogP contribution in [0.15, 0.2) is 121 Å². The van der Waals surface area contributed by atoms with Crippen LogP contribution in [0.25, 0.3) is 44.4 Å².